The van der Waals surface area contributed by atoms with Crippen molar-refractivity contribution in [3.05, 3.63) is 33.9 Å². The number of carbonyl (C=O) groups is 1. The van der Waals surface area contributed by atoms with E-state index in [0.717, 1.165) is 0 Å². The number of hydrogen-bond acceptors (Lipinski definition) is 4. The smallest absolute Gasteiger partial charge is 0.272 e. The molecule has 6 heteroatoms. The van der Waals surface area contributed by atoms with Crippen LogP contribution in [0.4, 0.5) is 5.69 Å². The fraction of sp³-hybridized carbons (Fsp3) is 0.562. The molecule has 0 unspecified atom stereocenters. The van der Waals surface area contributed by atoms with Crippen LogP contribution in [0.15, 0.2) is 18.2 Å². The molecule has 0 saturated heterocycles. The summed E-state index contributed by atoms with van der Waals surface area (Å²) in [5, 5.41) is 13.6. The van der Waals surface area contributed by atoms with Crippen LogP contribution in [-0.4, -0.2) is 24.0 Å². The van der Waals surface area contributed by atoms with Crippen LogP contribution >= 0.6 is 0 Å². The van der Waals surface area contributed by atoms with Gasteiger partial charge >= 0.3 is 0 Å². The normalized spacial score (nSPS) is 15.3. The highest BCUT2D eigenvalue weighted by molar-refractivity contribution is 5.77. The molecular formula is C16H22N2O4. The Kier molecular flexibility index (Phi) is 5.75. The van der Waals surface area contributed by atoms with Gasteiger partial charge in [0.25, 0.3) is 11.6 Å². The van der Waals surface area contributed by atoms with E-state index >= 15 is 0 Å². The summed E-state index contributed by atoms with van der Waals surface area (Å²) in [7, 11) is 0. The molecule has 2 rings (SSSR count). The first-order chi connectivity index (χ1) is 10.6. The molecule has 22 heavy (non-hydrogen) atoms. The molecule has 0 aromatic heterocycles. The summed E-state index contributed by atoms with van der Waals surface area (Å²) < 4.78 is 5.39. The van der Waals surface area contributed by atoms with Crippen LogP contribution in [0.5, 0.6) is 5.75 Å². The van der Waals surface area contributed by atoms with Crippen molar-refractivity contribution in [2.75, 3.05) is 13.2 Å². The number of benzene rings is 1. The summed E-state index contributed by atoms with van der Waals surface area (Å²) in [6, 6.07) is 4.48. The van der Waals surface area contributed by atoms with Crippen molar-refractivity contribution in [3.8, 4) is 5.75 Å². The molecule has 6 nitrogen and oxygen atoms in total. The molecule has 1 aliphatic rings. The molecule has 1 fully saturated rings. The maximum Gasteiger partial charge on any atom is 0.272 e. The Bertz CT molecular complexity index is 539. The second kappa shape index (κ2) is 7.77. The first-order valence-corrected chi connectivity index (χ1v) is 7.71. The molecule has 1 aromatic carbocycles. The van der Waals surface area contributed by atoms with Crippen LogP contribution in [0, 0.1) is 23.0 Å². The largest absolute Gasteiger partial charge is 0.484 e. The van der Waals surface area contributed by atoms with E-state index in [0.29, 0.717) is 23.8 Å². The molecule has 0 bridgehead atoms. The van der Waals surface area contributed by atoms with Gasteiger partial charge in [0.05, 0.1) is 4.92 Å². The topological polar surface area (TPSA) is 81.5 Å². The summed E-state index contributed by atoms with van der Waals surface area (Å²) in [5.74, 6) is 0.900. The van der Waals surface area contributed by atoms with Crippen molar-refractivity contribution < 1.29 is 14.5 Å². The maximum atomic E-state index is 11.8. The summed E-state index contributed by atoms with van der Waals surface area (Å²) in [5.41, 5.74) is 0.569. The van der Waals surface area contributed by atoms with Gasteiger partial charge < -0.3 is 10.1 Å². The molecule has 1 saturated carbocycles. The van der Waals surface area contributed by atoms with Crippen molar-refractivity contribution in [3.63, 3.8) is 0 Å². The van der Waals surface area contributed by atoms with Crippen LogP contribution in [0.3, 0.4) is 0 Å². The molecule has 0 atom stereocenters. The van der Waals surface area contributed by atoms with Gasteiger partial charge in [0, 0.05) is 18.2 Å². The summed E-state index contributed by atoms with van der Waals surface area (Å²) in [6.45, 7) is 2.29. The molecule has 120 valence electrons. The number of aryl methyl sites for hydroxylation is 1. The van der Waals surface area contributed by atoms with Gasteiger partial charge in [-0.2, -0.15) is 0 Å². The van der Waals surface area contributed by atoms with Gasteiger partial charge in [-0.3, -0.25) is 14.9 Å². The second-order valence-electron chi connectivity index (χ2n) is 5.80. The number of nitrogens with one attached hydrogen (secondary N) is 1. The minimum absolute atomic E-state index is 0.0501. The molecule has 0 radical (unpaired) electrons. The van der Waals surface area contributed by atoms with E-state index in [1.54, 1.807) is 13.0 Å². The highest BCUT2D eigenvalue weighted by Crippen LogP contribution is 2.23. The third kappa shape index (κ3) is 4.72. The Morgan fingerprint density at radius 3 is 2.73 bits per heavy atom. The molecular weight excluding hydrogens is 284 g/mol. The number of carbonyl (C=O) groups excluding carboxylic acids is 1. The van der Waals surface area contributed by atoms with Crippen LogP contribution in [0.1, 0.15) is 37.7 Å². The standard InChI is InChI=1S/C16H22N2O4/c1-12-9-14(7-8-15(12)18(20)21)22-11-16(19)17-10-13-5-3-2-4-6-13/h7-9,13H,2-6,10-11H2,1H3,(H,17,19). The Hall–Kier alpha value is -2.11. The fourth-order valence-electron chi connectivity index (χ4n) is 2.77. The van der Waals surface area contributed by atoms with E-state index in [1.165, 1.54) is 44.2 Å². The highest BCUT2D eigenvalue weighted by atomic mass is 16.6. The number of amides is 1. The molecule has 1 N–H and O–H groups in total. The Balaban J connectivity index is 1.76. The van der Waals surface area contributed by atoms with Gasteiger partial charge in [0.1, 0.15) is 5.75 Å². The zero-order valence-electron chi connectivity index (χ0n) is 12.8. The van der Waals surface area contributed by atoms with E-state index in [4.69, 9.17) is 4.74 Å². The van der Waals surface area contributed by atoms with Crippen LogP contribution in [0.2, 0.25) is 0 Å². The van der Waals surface area contributed by atoms with Crippen molar-refractivity contribution in [2.45, 2.75) is 39.0 Å². The monoisotopic (exact) mass is 306 g/mol. The Labute approximate surface area is 130 Å². The summed E-state index contributed by atoms with van der Waals surface area (Å²) in [6.07, 6.45) is 6.16. The predicted octanol–water partition coefficient (Wildman–Crippen LogP) is 2.98. The van der Waals surface area contributed by atoms with Gasteiger partial charge in [-0.15, -0.1) is 0 Å². The third-order valence-corrected chi connectivity index (χ3v) is 4.05. The molecule has 1 aliphatic carbocycles. The zero-order valence-corrected chi connectivity index (χ0v) is 12.8. The maximum absolute atomic E-state index is 11.8. The first-order valence-electron chi connectivity index (χ1n) is 7.71. The third-order valence-electron chi connectivity index (χ3n) is 4.05. The van der Waals surface area contributed by atoms with Crippen molar-refractivity contribution in [1.82, 2.24) is 5.32 Å². The number of nitrogens with zero attached hydrogens (tertiary/aromatic N) is 1. The van der Waals surface area contributed by atoms with Crippen LogP contribution in [0.25, 0.3) is 0 Å². The van der Waals surface area contributed by atoms with Gasteiger partial charge in [-0.05, 0) is 37.8 Å². The number of hydrogen-bond donors (Lipinski definition) is 1. The molecule has 1 aromatic rings. The lowest BCUT2D eigenvalue weighted by atomic mass is 9.89. The first kappa shape index (κ1) is 16.3. The van der Waals surface area contributed by atoms with Gasteiger partial charge in [-0.25, -0.2) is 0 Å². The number of nitro groups is 1. The van der Waals surface area contributed by atoms with Crippen LogP contribution in [-0.2, 0) is 4.79 Å². The fourth-order valence-corrected chi connectivity index (χ4v) is 2.77. The van der Waals surface area contributed by atoms with E-state index in [1.807, 2.05) is 0 Å². The second-order valence-corrected chi connectivity index (χ2v) is 5.80. The summed E-state index contributed by atoms with van der Waals surface area (Å²) >= 11 is 0. The minimum Gasteiger partial charge on any atom is -0.484 e. The molecule has 0 spiro atoms. The highest BCUT2D eigenvalue weighted by Gasteiger charge is 2.15. The minimum atomic E-state index is -0.435. The van der Waals surface area contributed by atoms with E-state index < -0.39 is 4.92 Å². The van der Waals surface area contributed by atoms with E-state index in [-0.39, 0.29) is 18.2 Å². The van der Waals surface area contributed by atoms with Crippen molar-refractivity contribution in [2.24, 2.45) is 5.92 Å². The molecule has 0 heterocycles. The van der Waals surface area contributed by atoms with E-state index in [2.05, 4.69) is 5.32 Å². The average Bonchev–Trinajstić information content (AvgIpc) is 2.51. The molecule has 0 aliphatic heterocycles. The lowest BCUT2D eigenvalue weighted by Gasteiger charge is -2.21. The Morgan fingerprint density at radius 1 is 1.36 bits per heavy atom. The number of rotatable bonds is 6. The lowest BCUT2D eigenvalue weighted by molar-refractivity contribution is -0.385. The van der Waals surface area contributed by atoms with Crippen molar-refractivity contribution >= 4 is 11.6 Å². The van der Waals surface area contributed by atoms with Gasteiger partial charge in [0.2, 0.25) is 0 Å². The van der Waals surface area contributed by atoms with Gasteiger partial charge in [0.15, 0.2) is 6.61 Å². The van der Waals surface area contributed by atoms with E-state index in [9.17, 15) is 14.9 Å². The van der Waals surface area contributed by atoms with Crippen molar-refractivity contribution in [1.29, 1.82) is 0 Å². The SMILES string of the molecule is Cc1cc(OCC(=O)NCC2CCCCC2)ccc1[N+](=O)[O-]. The predicted molar refractivity (Wildman–Crippen MR) is 82.9 cm³/mol. The average molecular weight is 306 g/mol. The number of ether oxygens (including phenoxy) is 1. The quantitative estimate of drug-likeness (QED) is 0.647. The lowest BCUT2D eigenvalue weighted by Crippen LogP contribution is -2.33. The number of nitro benzene ring substituents is 1. The summed E-state index contributed by atoms with van der Waals surface area (Å²) in [4.78, 5) is 22.1. The zero-order chi connectivity index (χ0) is 15.9. The van der Waals surface area contributed by atoms with Crippen LogP contribution < -0.4 is 10.1 Å². The van der Waals surface area contributed by atoms with Gasteiger partial charge in [-0.1, -0.05) is 19.3 Å². The molecule has 1 amide bonds. The Morgan fingerprint density at radius 2 is 2.09 bits per heavy atom.